The van der Waals surface area contributed by atoms with Gasteiger partial charge >= 0.3 is 5.97 Å². The predicted octanol–water partition coefficient (Wildman–Crippen LogP) is 2.57. The lowest BCUT2D eigenvalue weighted by Crippen LogP contribution is -2.31. The summed E-state index contributed by atoms with van der Waals surface area (Å²) < 4.78 is 27.1. The molecule has 2 N–H and O–H groups in total. The minimum Gasteiger partial charge on any atom is -0.493 e. The van der Waals surface area contributed by atoms with E-state index in [1.54, 1.807) is 19.1 Å². The van der Waals surface area contributed by atoms with Gasteiger partial charge in [-0.2, -0.15) is 0 Å². The van der Waals surface area contributed by atoms with Gasteiger partial charge in [-0.05, 0) is 31.0 Å². The van der Waals surface area contributed by atoms with Gasteiger partial charge in [0.25, 0.3) is 0 Å². The van der Waals surface area contributed by atoms with Gasteiger partial charge in [-0.15, -0.1) is 0 Å². The summed E-state index contributed by atoms with van der Waals surface area (Å²) in [7, 11) is 4.50. The van der Waals surface area contributed by atoms with Crippen molar-refractivity contribution in [3.05, 3.63) is 40.5 Å². The molecule has 1 atom stereocenters. The van der Waals surface area contributed by atoms with Crippen LogP contribution in [0.3, 0.4) is 0 Å². The van der Waals surface area contributed by atoms with Crippen molar-refractivity contribution in [3.63, 3.8) is 0 Å². The Kier molecular flexibility index (Phi) is 6.00. The second-order valence-corrected chi connectivity index (χ2v) is 6.61. The number of rotatable bonds is 6. The Hall–Kier alpha value is -3.16. The summed E-state index contributed by atoms with van der Waals surface area (Å²) in [6.45, 7) is 1.86. The number of carbonyl (C=O) groups is 2. The average molecular weight is 403 g/mol. The van der Waals surface area contributed by atoms with E-state index in [1.165, 1.54) is 21.3 Å². The normalized spacial score (nSPS) is 18.8. The highest BCUT2D eigenvalue weighted by molar-refractivity contribution is 6.03. The molecule has 0 amide bonds. The number of hydrogen-bond acceptors (Lipinski definition) is 8. The number of ketones is 1. The highest BCUT2D eigenvalue weighted by Crippen LogP contribution is 2.48. The monoisotopic (exact) mass is 403 g/mol. The standard InChI is InChI=1S/C21H25NO7/c1-5-28-21(24)18-16(17-12(23)7-6-8-13(17)29-20(18)22)11-9-14(25-2)19(27-4)15(10-11)26-3/h9-10,16H,5-8,22H2,1-4H3/t16-/m0/s1. The van der Waals surface area contributed by atoms with Gasteiger partial charge in [0.2, 0.25) is 11.6 Å². The molecule has 1 aliphatic carbocycles. The average Bonchev–Trinajstić information content (AvgIpc) is 2.71. The Labute approximate surface area is 169 Å². The molecule has 0 saturated heterocycles. The first-order valence-corrected chi connectivity index (χ1v) is 9.37. The summed E-state index contributed by atoms with van der Waals surface area (Å²) in [5, 5.41) is 0. The topological polar surface area (TPSA) is 106 Å². The molecule has 3 rings (SSSR count). The molecule has 0 spiro atoms. The van der Waals surface area contributed by atoms with Crippen molar-refractivity contribution in [2.24, 2.45) is 5.73 Å². The molecule has 0 radical (unpaired) electrons. The van der Waals surface area contributed by atoms with Gasteiger partial charge in [-0.3, -0.25) is 4.79 Å². The first kappa shape index (κ1) is 20.6. The zero-order valence-corrected chi connectivity index (χ0v) is 17.0. The summed E-state index contributed by atoms with van der Waals surface area (Å²) in [6, 6.07) is 3.41. The maximum atomic E-state index is 12.8. The number of allylic oxidation sites excluding steroid dienone is 2. The second kappa shape index (κ2) is 8.46. The maximum absolute atomic E-state index is 12.8. The minimum absolute atomic E-state index is 0.0596. The summed E-state index contributed by atoms with van der Waals surface area (Å²) in [5.41, 5.74) is 7.22. The van der Waals surface area contributed by atoms with Gasteiger partial charge < -0.3 is 29.4 Å². The number of carbonyl (C=O) groups excluding carboxylic acids is 2. The van der Waals surface area contributed by atoms with Crippen LogP contribution >= 0.6 is 0 Å². The van der Waals surface area contributed by atoms with Gasteiger partial charge in [-0.1, -0.05) is 0 Å². The lowest BCUT2D eigenvalue weighted by Gasteiger charge is -2.32. The fourth-order valence-corrected chi connectivity index (χ4v) is 3.77. The molecule has 1 heterocycles. The van der Waals surface area contributed by atoms with Crippen molar-refractivity contribution in [2.75, 3.05) is 27.9 Å². The van der Waals surface area contributed by atoms with Crippen LogP contribution in [0.2, 0.25) is 0 Å². The van der Waals surface area contributed by atoms with E-state index in [-0.39, 0.29) is 23.8 Å². The Morgan fingerprint density at radius 2 is 1.79 bits per heavy atom. The smallest absolute Gasteiger partial charge is 0.340 e. The van der Waals surface area contributed by atoms with Gasteiger partial charge in [0.1, 0.15) is 11.3 Å². The molecule has 29 heavy (non-hydrogen) atoms. The van der Waals surface area contributed by atoms with Gasteiger partial charge in [0.15, 0.2) is 17.3 Å². The molecular weight excluding hydrogens is 378 g/mol. The maximum Gasteiger partial charge on any atom is 0.340 e. The van der Waals surface area contributed by atoms with Crippen LogP contribution in [0.25, 0.3) is 0 Å². The molecule has 1 aliphatic heterocycles. The molecule has 8 nitrogen and oxygen atoms in total. The van der Waals surface area contributed by atoms with Gasteiger partial charge in [0, 0.05) is 18.4 Å². The molecule has 156 valence electrons. The van der Waals surface area contributed by atoms with Crippen LogP contribution in [-0.2, 0) is 19.1 Å². The Morgan fingerprint density at radius 1 is 1.14 bits per heavy atom. The first-order chi connectivity index (χ1) is 14.0. The fourth-order valence-electron chi connectivity index (χ4n) is 3.77. The molecule has 0 bridgehead atoms. The zero-order chi connectivity index (χ0) is 21.1. The van der Waals surface area contributed by atoms with Gasteiger partial charge in [-0.25, -0.2) is 4.79 Å². The summed E-state index contributed by atoms with van der Waals surface area (Å²) >= 11 is 0. The number of Topliss-reactive ketones (excluding diaryl/α,β-unsaturated/α-hetero) is 1. The third kappa shape index (κ3) is 3.62. The molecule has 0 saturated carbocycles. The van der Waals surface area contributed by atoms with E-state index in [4.69, 9.17) is 29.4 Å². The lowest BCUT2D eigenvalue weighted by atomic mass is 9.77. The third-order valence-electron chi connectivity index (χ3n) is 5.00. The highest BCUT2D eigenvalue weighted by atomic mass is 16.5. The second-order valence-electron chi connectivity index (χ2n) is 6.61. The molecule has 0 fully saturated rings. The number of methoxy groups -OCH3 is 3. The molecule has 0 aromatic heterocycles. The predicted molar refractivity (Wildman–Crippen MR) is 104 cm³/mol. The van der Waals surface area contributed by atoms with Crippen LogP contribution in [-0.4, -0.2) is 39.7 Å². The molecular formula is C21H25NO7. The number of esters is 1. The van der Waals surface area contributed by atoms with Crippen LogP contribution in [0.4, 0.5) is 0 Å². The summed E-state index contributed by atoms with van der Waals surface area (Å²) in [5.74, 6) is 0.180. The van der Waals surface area contributed by atoms with E-state index in [0.29, 0.717) is 53.4 Å². The zero-order valence-electron chi connectivity index (χ0n) is 17.0. The van der Waals surface area contributed by atoms with Crippen LogP contribution < -0.4 is 19.9 Å². The molecule has 0 unspecified atom stereocenters. The Balaban J connectivity index is 2.25. The molecule has 1 aromatic rings. The van der Waals surface area contributed by atoms with E-state index in [9.17, 15) is 9.59 Å². The highest BCUT2D eigenvalue weighted by Gasteiger charge is 2.41. The Morgan fingerprint density at radius 3 is 2.34 bits per heavy atom. The van der Waals surface area contributed by atoms with Crippen LogP contribution in [0, 0.1) is 0 Å². The molecule has 8 heteroatoms. The van der Waals surface area contributed by atoms with Crippen LogP contribution in [0.1, 0.15) is 37.7 Å². The van der Waals surface area contributed by atoms with Crippen molar-refractivity contribution < 1.29 is 33.3 Å². The number of hydrogen-bond donors (Lipinski definition) is 1. The number of nitrogens with two attached hydrogens (primary N) is 1. The molecule has 2 aliphatic rings. The van der Waals surface area contributed by atoms with E-state index in [0.717, 1.165) is 0 Å². The first-order valence-electron chi connectivity index (χ1n) is 9.37. The fraction of sp³-hybridized carbons (Fsp3) is 0.429. The van der Waals surface area contributed by atoms with Crippen LogP contribution in [0.5, 0.6) is 17.2 Å². The van der Waals surface area contributed by atoms with Crippen molar-refractivity contribution in [1.29, 1.82) is 0 Å². The quantitative estimate of drug-likeness (QED) is 0.723. The van der Waals surface area contributed by atoms with E-state index >= 15 is 0 Å². The van der Waals surface area contributed by atoms with E-state index in [2.05, 4.69) is 0 Å². The third-order valence-corrected chi connectivity index (χ3v) is 5.00. The Bertz CT molecular complexity index is 875. The van der Waals surface area contributed by atoms with Crippen LogP contribution in [0.15, 0.2) is 34.9 Å². The minimum atomic E-state index is -0.751. The largest absolute Gasteiger partial charge is 0.493 e. The van der Waals surface area contributed by atoms with Crippen molar-refractivity contribution >= 4 is 11.8 Å². The molecule has 1 aromatic carbocycles. The van der Waals surface area contributed by atoms with E-state index in [1.807, 2.05) is 0 Å². The van der Waals surface area contributed by atoms with Crippen molar-refractivity contribution in [1.82, 2.24) is 0 Å². The van der Waals surface area contributed by atoms with E-state index < -0.39 is 11.9 Å². The lowest BCUT2D eigenvalue weighted by molar-refractivity contribution is -0.139. The summed E-state index contributed by atoms with van der Waals surface area (Å²) in [4.78, 5) is 25.6. The van der Waals surface area contributed by atoms with Crippen molar-refractivity contribution in [2.45, 2.75) is 32.1 Å². The SMILES string of the molecule is CCOC(=O)C1=C(N)OC2=C(C(=O)CCC2)[C@@H]1c1cc(OC)c(OC)c(OC)c1. The summed E-state index contributed by atoms with van der Waals surface area (Å²) in [6.07, 6.45) is 1.61. The number of benzene rings is 1. The van der Waals surface area contributed by atoms with Gasteiger partial charge in [0.05, 0.1) is 33.9 Å². The van der Waals surface area contributed by atoms with Crippen molar-refractivity contribution in [3.8, 4) is 17.2 Å². The number of ether oxygens (including phenoxy) is 5.